The number of carbonyl (C=O) groups excluding carboxylic acids is 2. The van der Waals surface area contributed by atoms with E-state index in [1.807, 2.05) is 49.4 Å². The van der Waals surface area contributed by atoms with Crippen molar-refractivity contribution in [2.24, 2.45) is 0 Å². The van der Waals surface area contributed by atoms with Crippen LogP contribution in [0.4, 0.5) is 4.79 Å². The summed E-state index contributed by atoms with van der Waals surface area (Å²) < 4.78 is 29.4. The monoisotopic (exact) mass is 448 g/mol. The van der Waals surface area contributed by atoms with Crippen molar-refractivity contribution in [3.05, 3.63) is 71.3 Å². The zero-order valence-electron chi connectivity index (χ0n) is 18.0. The average Bonchev–Trinajstić information content (AvgIpc) is 2.76. The molecule has 2 rings (SSSR count). The Balaban J connectivity index is 2.22. The molecule has 2 N–H and O–H groups in total. The van der Waals surface area contributed by atoms with Crippen molar-refractivity contribution in [2.75, 3.05) is 19.8 Å². The lowest BCUT2D eigenvalue weighted by atomic mass is 10.1. The zero-order chi connectivity index (χ0) is 22.7. The molecule has 0 aromatic heterocycles. The van der Waals surface area contributed by atoms with Gasteiger partial charge in [0.2, 0.25) is 0 Å². The summed E-state index contributed by atoms with van der Waals surface area (Å²) in [7, 11) is -3.76. The Morgan fingerprint density at radius 3 is 2.26 bits per heavy atom. The highest BCUT2D eigenvalue weighted by Crippen LogP contribution is 2.55. The Hall–Kier alpha value is -2.67. The molecule has 1 amide bonds. The van der Waals surface area contributed by atoms with Crippen molar-refractivity contribution in [2.45, 2.75) is 33.2 Å². The van der Waals surface area contributed by atoms with E-state index in [4.69, 9.17) is 14.0 Å². The average molecular weight is 448 g/mol. The predicted octanol–water partition coefficient (Wildman–Crippen LogP) is 4.30. The van der Waals surface area contributed by atoms with Crippen molar-refractivity contribution >= 4 is 19.6 Å². The van der Waals surface area contributed by atoms with Gasteiger partial charge in [0.1, 0.15) is 18.9 Å². The third kappa shape index (κ3) is 7.83. The standard InChI is InChI=1S/C22H29N2O6P/c1-4-28-20(25)15-23-31(27,30-5-2)21(19-13-11-17(3)12-14-19)24-22(26)29-16-18-9-7-6-8-10-18/h6-14,21H,4-5,15-16H2,1-3H3,(H,23,27)(H,24,26)/t21-,31-/m0/s1. The number of aryl methyl sites for hydroxylation is 1. The largest absolute Gasteiger partial charge is 0.465 e. The van der Waals surface area contributed by atoms with Crippen LogP contribution in [-0.4, -0.2) is 31.8 Å². The maximum atomic E-state index is 13.7. The molecule has 31 heavy (non-hydrogen) atoms. The minimum absolute atomic E-state index is 0.0580. The second-order valence-corrected chi connectivity index (χ2v) is 8.96. The molecule has 2 atom stereocenters. The molecule has 168 valence electrons. The van der Waals surface area contributed by atoms with Crippen molar-refractivity contribution in [3.63, 3.8) is 0 Å². The van der Waals surface area contributed by atoms with Gasteiger partial charge in [0.25, 0.3) is 7.52 Å². The van der Waals surface area contributed by atoms with E-state index in [1.165, 1.54) is 0 Å². The van der Waals surface area contributed by atoms with E-state index in [0.29, 0.717) is 5.56 Å². The lowest BCUT2D eigenvalue weighted by Crippen LogP contribution is -2.35. The number of rotatable bonds is 11. The fraction of sp³-hybridized carbons (Fsp3) is 0.364. The molecule has 0 fully saturated rings. The molecule has 0 aliphatic carbocycles. The van der Waals surface area contributed by atoms with E-state index in [-0.39, 0.29) is 26.4 Å². The van der Waals surface area contributed by atoms with Crippen molar-refractivity contribution in [3.8, 4) is 0 Å². The molecule has 0 aliphatic rings. The van der Waals surface area contributed by atoms with E-state index < -0.39 is 25.4 Å². The number of carbonyl (C=O) groups is 2. The van der Waals surface area contributed by atoms with Crippen molar-refractivity contribution < 1.29 is 28.2 Å². The highest BCUT2D eigenvalue weighted by Gasteiger charge is 2.37. The number of nitrogens with one attached hydrogen (secondary N) is 2. The summed E-state index contributed by atoms with van der Waals surface area (Å²) in [6, 6.07) is 16.4. The van der Waals surface area contributed by atoms with Crippen LogP contribution in [0.5, 0.6) is 0 Å². The molecule has 2 aromatic carbocycles. The molecule has 0 saturated heterocycles. The zero-order valence-corrected chi connectivity index (χ0v) is 18.9. The second-order valence-electron chi connectivity index (χ2n) is 6.67. The molecule has 0 aliphatic heterocycles. The molecular weight excluding hydrogens is 419 g/mol. The van der Waals surface area contributed by atoms with Gasteiger partial charge in [-0.15, -0.1) is 0 Å². The summed E-state index contributed by atoms with van der Waals surface area (Å²) >= 11 is 0. The lowest BCUT2D eigenvalue weighted by Gasteiger charge is -2.28. The van der Waals surface area contributed by atoms with E-state index in [9.17, 15) is 14.2 Å². The van der Waals surface area contributed by atoms with Gasteiger partial charge in [-0.05, 0) is 31.9 Å². The number of alkyl carbamates (subject to hydrolysis) is 1. The van der Waals surface area contributed by atoms with Crippen LogP contribution >= 0.6 is 7.52 Å². The molecule has 0 radical (unpaired) electrons. The van der Waals surface area contributed by atoms with Crippen LogP contribution in [0, 0.1) is 6.92 Å². The van der Waals surface area contributed by atoms with Crippen LogP contribution < -0.4 is 10.4 Å². The number of hydrogen-bond donors (Lipinski definition) is 2. The second kappa shape index (κ2) is 12.2. The molecule has 0 unspecified atom stereocenters. The number of amides is 1. The summed E-state index contributed by atoms with van der Waals surface area (Å²) in [4.78, 5) is 24.3. The van der Waals surface area contributed by atoms with Gasteiger partial charge in [-0.1, -0.05) is 60.2 Å². The van der Waals surface area contributed by atoms with Crippen LogP contribution in [0.25, 0.3) is 0 Å². The SMILES string of the molecule is CCOC(=O)CN[P@@](=O)(OCC)[C@H](NC(=O)OCc1ccccc1)c1ccc(C)cc1. The molecule has 0 bridgehead atoms. The summed E-state index contributed by atoms with van der Waals surface area (Å²) in [6.07, 6.45) is -0.757. The van der Waals surface area contributed by atoms with Gasteiger partial charge in [-0.2, -0.15) is 0 Å². The van der Waals surface area contributed by atoms with E-state index in [0.717, 1.165) is 11.1 Å². The Labute approximate surface area is 182 Å². The van der Waals surface area contributed by atoms with Crippen LogP contribution in [0.15, 0.2) is 54.6 Å². The summed E-state index contributed by atoms with van der Waals surface area (Å²) in [5.41, 5.74) is 2.37. The first-order valence-electron chi connectivity index (χ1n) is 10.1. The first-order chi connectivity index (χ1) is 14.9. The number of ether oxygens (including phenoxy) is 2. The first kappa shape index (κ1) is 24.6. The van der Waals surface area contributed by atoms with Gasteiger partial charge < -0.3 is 19.3 Å². The van der Waals surface area contributed by atoms with Gasteiger partial charge in [0, 0.05) is 0 Å². The highest BCUT2D eigenvalue weighted by atomic mass is 31.2. The summed E-state index contributed by atoms with van der Waals surface area (Å²) in [5.74, 6) is -1.64. The smallest absolute Gasteiger partial charge is 0.408 e. The molecule has 0 saturated carbocycles. The summed E-state index contributed by atoms with van der Waals surface area (Å²) in [5, 5.41) is 5.30. The van der Waals surface area contributed by atoms with E-state index in [2.05, 4.69) is 10.4 Å². The third-order valence-electron chi connectivity index (χ3n) is 4.27. The molecule has 2 aromatic rings. The van der Waals surface area contributed by atoms with Gasteiger partial charge in [0.15, 0.2) is 0 Å². The maximum Gasteiger partial charge on any atom is 0.408 e. The maximum absolute atomic E-state index is 13.7. The third-order valence-corrected chi connectivity index (χ3v) is 6.62. The first-order valence-corrected chi connectivity index (χ1v) is 11.8. The number of hydrogen-bond acceptors (Lipinski definition) is 6. The van der Waals surface area contributed by atoms with Crippen LogP contribution in [0.3, 0.4) is 0 Å². The van der Waals surface area contributed by atoms with Gasteiger partial charge in [-0.25, -0.2) is 9.88 Å². The normalized spacial score (nSPS) is 13.6. The van der Waals surface area contributed by atoms with Gasteiger partial charge in [-0.3, -0.25) is 9.36 Å². The molecule has 0 spiro atoms. The van der Waals surface area contributed by atoms with Crippen LogP contribution in [-0.2, 0) is 30.0 Å². The minimum Gasteiger partial charge on any atom is -0.465 e. The topological polar surface area (TPSA) is 103 Å². The Bertz CT molecular complexity index is 889. The fourth-order valence-corrected chi connectivity index (χ4v) is 4.78. The van der Waals surface area contributed by atoms with Crippen molar-refractivity contribution in [1.82, 2.24) is 10.4 Å². The summed E-state index contributed by atoms with van der Waals surface area (Å²) in [6.45, 7) is 5.32. The van der Waals surface area contributed by atoms with E-state index >= 15 is 0 Å². The number of esters is 1. The molecule has 8 nitrogen and oxygen atoms in total. The predicted molar refractivity (Wildman–Crippen MR) is 118 cm³/mol. The quantitative estimate of drug-likeness (QED) is 0.390. The lowest BCUT2D eigenvalue weighted by molar-refractivity contribution is -0.141. The van der Waals surface area contributed by atoms with Crippen LogP contribution in [0.1, 0.15) is 36.3 Å². The number of benzene rings is 2. The van der Waals surface area contributed by atoms with Gasteiger partial charge >= 0.3 is 12.1 Å². The fourth-order valence-electron chi connectivity index (χ4n) is 2.78. The molecular formula is C22H29N2O6P. The van der Waals surface area contributed by atoms with Crippen LogP contribution in [0.2, 0.25) is 0 Å². The van der Waals surface area contributed by atoms with Gasteiger partial charge in [0.05, 0.1) is 13.2 Å². The Kier molecular flexibility index (Phi) is 9.72. The highest BCUT2D eigenvalue weighted by molar-refractivity contribution is 7.57. The minimum atomic E-state index is -3.76. The van der Waals surface area contributed by atoms with Crippen molar-refractivity contribution in [1.29, 1.82) is 0 Å². The Morgan fingerprint density at radius 1 is 0.968 bits per heavy atom. The molecule has 0 heterocycles. The van der Waals surface area contributed by atoms with E-state index in [1.54, 1.807) is 26.0 Å². The Morgan fingerprint density at radius 2 is 1.65 bits per heavy atom. The molecule has 9 heteroatoms.